The van der Waals surface area contributed by atoms with Crippen molar-refractivity contribution in [3.63, 3.8) is 0 Å². The molecule has 0 spiro atoms. The summed E-state index contributed by atoms with van der Waals surface area (Å²) in [5.74, 6) is 0.373. The highest BCUT2D eigenvalue weighted by atomic mass is 16.4. The fraction of sp³-hybridized carbons (Fsp3) is 0.921. The lowest BCUT2D eigenvalue weighted by Gasteiger charge is -2.35. The maximum absolute atomic E-state index is 12.3. The normalized spacial score (nSPS) is 21.7. The van der Waals surface area contributed by atoms with Crippen molar-refractivity contribution in [3.05, 3.63) is 26.6 Å². The van der Waals surface area contributed by atoms with E-state index in [9.17, 15) is 30.0 Å². The number of carbonyl (C=O) groups excluding carboxylic acids is 1. The molecule has 0 saturated carbocycles. The van der Waals surface area contributed by atoms with Gasteiger partial charge in [-0.05, 0) is 147 Å². The zero-order chi connectivity index (χ0) is 75.4. The van der Waals surface area contributed by atoms with E-state index in [2.05, 4.69) is 161 Å². The van der Waals surface area contributed by atoms with Crippen molar-refractivity contribution in [3.8, 4) is 0 Å². The van der Waals surface area contributed by atoms with E-state index >= 15 is 0 Å². The Balaban J connectivity index is 1.08. The van der Waals surface area contributed by atoms with Crippen molar-refractivity contribution in [1.29, 1.82) is 0 Å². The molecule has 25 N–H and O–H groups in total. The second kappa shape index (κ2) is 59.7. The third-order valence-electron chi connectivity index (χ3n) is 21.9. The van der Waals surface area contributed by atoms with Gasteiger partial charge in [-0.3, -0.25) is 29.2 Å². The Morgan fingerprint density at radius 1 is 0.510 bits per heavy atom. The van der Waals surface area contributed by atoms with Gasteiger partial charge in [0.05, 0.1) is 19.8 Å². The fourth-order valence-electron chi connectivity index (χ4n) is 15.4. The summed E-state index contributed by atoms with van der Waals surface area (Å²) in [5.41, 5.74) is 17.6. The molecule has 4 heterocycles. The van der Waals surface area contributed by atoms with Crippen molar-refractivity contribution in [2.45, 2.75) is 229 Å². The molecule has 4 fully saturated rings. The quantitative estimate of drug-likeness (QED) is 0.0297. The Kier molecular flexibility index (Phi) is 54.2. The molecule has 0 aromatic rings. The van der Waals surface area contributed by atoms with Gasteiger partial charge in [-0.2, -0.15) is 0 Å². The van der Waals surface area contributed by atoms with Crippen LogP contribution in [-0.4, -0.2) is 334 Å². The molecule has 0 aromatic carbocycles. The molecule has 104 heavy (non-hydrogen) atoms. The predicted octanol–water partition coefficient (Wildman–Crippen LogP) is -1.86. The number of hydrogen-bond acceptors (Lipinski definition) is 26. The molecule has 0 aliphatic carbocycles. The molecule has 4 rings (SSSR count). The average molecular weight is 1480 g/mol. The lowest BCUT2D eigenvalue weighted by Crippen LogP contribution is -2.51. The first-order valence-electron chi connectivity index (χ1n) is 41.3. The topological polar surface area (TPSA) is 387 Å². The first-order chi connectivity index (χ1) is 50.5. The standard InChI is InChI=1S/C76H159N22O6/c1-8-61(7)74(88-31-29-85-45-64(86-9-2)40-59(3)4)53-94-63(21-22-76(103)104)44-84-28-30-87-65(41-60(5)6)49-89-62(16-10-11-23-77)48-90-66(42-75(79)102)46-82-26-24-80-32-38-95-34-12-17-70(95)51-93-69(58-101)50-91-68(57-100)47-83-27-25-81-33-39-96-35-14-19-72(96)54-98-37-15-20-73(98)55-97-36-13-18-71(97)52-92-67(43-78)56-99/h2,28-29,33,59-74,80-94,99-101H,8-27,30-32,34-58,77-78H2,1,3-7H3,(H2,79,102)(H,103,104)/t61-,62-,63-,64-,65-,66-,67+,68+,69+,70-,71-,72-,73-,74+/m0/s1. The Hall–Kier alpha value is -2.02. The SMILES string of the molecule is [CH]CN[C@H](CN[CH]CN[C@H](CN[C@@H](CCC(=O)O)CN[CH]CN[C@H](CN[C@@H](CCCCN)CN[C@H](CNCCNCCN1CCC[C@H]1CN[C@@H](CO)CN[C@@H](CO)CNCCN[CH]CN1CCC[C@H]1CN1CCC[C@H]1CN1CCC[C@H]1CN[C@H](CN)CO)CC(N)=O)CC(C)C)[C@@H](C)CC)CC(C)C. The third kappa shape index (κ3) is 43.0. The van der Waals surface area contributed by atoms with Gasteiger partial charge in [-0.25, -0.2) is 0 Å². The van der Waals surface area contributed by atoms with Crippen LogP contribution < -0.4 is 97.0 Å². The minimum atomic E-state index is -0.793. The van der Waals surface area contributed by atoms with Crippen molar-refractivity contribution < 1.29 is 30.0 Å². The molecule has 609 valence electrons. The summed E-state index contributed by atoms with van der Waals surface area (Å²) in [6.07, 6.45) is 16.6. The number of carboxylic acid groups (broad SMARTS) is 1. The van der Waals surface area contributed by atoms with Crippen molar-refractivity contribution in [2.75, 3.05) is 203 Å². The van der Waals surface area contributed by atoms with Gasteiger partial charge in [0.1, 0.15) is 0 Å². The average Bonchev–Trinajstić information content (AvgIpc) is 1.70. The molecule has 4 aliphatic rings. The smallest absolute Gasteiger partial charge is 0.303 e. The second-order valence-corrected chi connectivity index (χ2v) is 31.4. The zero-order valence-electron chi connectivity index (χ0n) is 66.1. The molecule has 28 heteroatoms. The number of nitrogens with one attached hydrogen (secondary N) is 15. The zero-order valence-corrected chi connectivity index (χ0v) is 66.1. The number of unbranched alkanes of at least 4 members (excludes halogenated alkanes) is 1. The van der Waals surface area contributed by atoms with Crippen molar-refractivity contribution >= 4 is 11.9 Å². The summed E-state index contributed by atoms with van der Waals surface area (Å²) in [7, 11) is 0. The number of rotatable bonds is 71. The van der Waals surface area contributed by atoms with E-state index in [-0.39, 0.29) is 86.9 Å². The molecule has 0 bridgehead atoms. The monoisotopic (exact) mass is 1480 g/mol. The first-order valence-corrected chi connectivity index (χ1v) is 41.3. The highest BCUT2D eigenvalue weighted by Crippen LogP contribution is 2.27. The number of nitrogens with zero attached hydrogens (tertiary/aromatic N) is 4. The minimum Gasteiger partial charge on any atom is -0.481 e. The van der Waals surface area contributed by atoms with Crippen LogP contribution in [0.3, 0.4) is 0 Å². The number of aliphatic hydroxyl groups excluding tert-OH is 3. The maximum atomic E-state index is 12.3. The van der Waals surface area contributed by atoms with Crippen LogP contribution in [0.2, 0.25) is 0 Å². The van der Waals surface area contributed by atoms with Gasteiger partial charge in [0.15, 0.2) is 0 Å². The van der Waals surface area contributed by atoms with Crippen molar-refractivity contribution in [2.24, 2.45) is 35.0 Å². The van der Waals surface area contributed by atoms with E-state index in [1.54, 1.807) is 0 Å². The lowest BCUT2D eigenvalue weighted by molar-refractivity contribution is -0.137. The Bertz CT molecular complexity index is 2050. The summed E-state index contributed by atoms with van der Waals surface area (Å²) in [6, 6.07) is 2.67. The summed E-state index contributed by atoms with van der Waals surface area (Å²) >= 11 is 0. The second-order valence-electron chi connectivity index (χ2n) is 31.4. The summed E-state index contributed by atoms with van der Waals surface area (Å²) in [4.78, 5) is 34.7. The Morgan fingerprint density at radius 2 is 1.02 bits per heavy atom. The van der Waals surface area contributed by atoms with Crippen molar-refractivity contribution in [1.82, 2.24) is 99.4 Å². The van der Waals surface area contributed by atoms with Gasteiger partial charge in [-0.15, -0.1) is 0 Å². The van der Waals surface area contributed by atoms with E-state index < -0.39 is 5.97 Å². The van der Waals surface area contributed by atoms with Gasteiger partial charge < -0.3 is 117 Å². The van der Waals surface area contributed by atoms with Crippen LogP contribution in [0.1, 0.15) is 151 Å². The maximum Gasteiger partial charge on any atom is 0.303 e. The molecule has 4 aliphatic heterocycles. The molecule has 28 nitrogen and oxygen atoms in total. The Morgan fingerprint density at radius 3 is 1.64 bits per heavy atom. The van der Waals surface area contributed by atoms with Crippen LogP contribution >= 0.6 is 0 Å². The Labute approximate surface area is 632 Å². The highest BCUT2D eigenvalue weighted by Gasteiger charge is 2.35. The fourth-order valence-corrected chi connectivity index (χ4v) is 15.4. The molecule has 14 atom stereocenters. The minimum absolute atomic E-state index is 0.0140. The molecule has 5 radical (unpaired) electrons. The largest absolute Gasteiger partial charge is 0.481 e. The number of carboxylic acids is 1. The predicted molar refractivity (Wildman–Crippen MR) is 427 cm³/mol. The summed E-state index contributed by atoms with van der Waals surface area (Å²) in [5, 5.41) is 93.7. The highest BCUT2D eigenvalue weighted by molar-refractivity contribution is 5.74. The number of carbonyl (C=O) groups is 2. The third-order valence-corrected chi connectivity index (χ3v) is 21.9. The number of amides is 1. The van der Waals surface area contributed by atoms with E-state index in [0.29, 0.717) is 120 Å². The summed E-state index contributed by atoms with van der Waals surface area (Å²) < 4.78 is 0. The van der Waals surface area contributed by atoms with Crippen LogP contribution in [0.4, 0.5) is 0 Å². The van der Waals surface area contributed by atoms with E-state index in [0.717, 1.165) is 163 Å². The van der Waals surface area contributed by atoms with Gasteiger partial charge in [0, 0.05) is 255 Å². The van der Waals surface area contributed by atoms with Crippen LogP contribution in [0.5, 0.6) is 0 Å². The number of likely N-dealkylation sites (tertiary alicyclic amines) is 4. The molecule has 1 amide bonds. The number of aliphatic carboxylic acids is 1. The molecule has 4 saturated heterocycles. The van der Waals surface area contributed by atoms with E-state index in [1.807, 2.05) is 0 Å². The van der Waals surface area contributed by atoms with Gasteiger partial charge in [0.25, 0.3) is 0 Å². The molecular weight excluding hydrogens is 1320 g/mol. The number of aliphatic hydroxyl groups is 3. The molecule has 0 aromatic heterocycles. The number of primary amides is 1. The van der Waals surface area contributed by atoms with Gasteiger partial charge in [-0.1, -0.05) is 54.4 Å². The lowest BCUT2D eigenvalue weighted by atomic mass is 9.98. The molecular formula is C76H159N22O6. The summed E-state index contributed by atoms with van der Waals surface area (Å²) in [6.45, 7) is 48.5. The van der Waals surface area contributed by atoms with Crippen LogP contribution in [0.25, 0.3) is 0 Å². The van der Waals surface area contributed by atoms with Crippen LogP contribution in [0, 0.1) is 44.3 Å². The first kappa shape index (κ1) is 94.4. The number of hydrogen-bond donors (Lipinski definition) is 22. The van der Waals surface area contributed by atoms with E-state index in [4.69, 9.17) is 24.1 Å². The van der Waals surface area contributed by atoms with Crippen LogP contribution in [0.15, 0.2) is 0 Å². The van der Waals surface area contributed by atoms with Crippen LogP contribution in [-0.2, 0) is 9.59 Å². The molecule has 0 unspecified atom stereocenters. The van der Waals surface area contributed by atoms with Gasteiger partial charge in [0.2, 0.25) is 5.91 Å². The number of nitrogens with two attached hydrogens (primary N) is 3. The van der Waals surface area contributed by atoms with Gasteiger partial charge >= 0.3 is 5.97 Å². The van der Waals surface area contributed by atoms with E-state index in [1.165, 1.54) is 45.1 Å².